The van der Waals surface area contributed by atoms with Gasteiger partial charge in [0.15, 0.2) is 0 Å². The Hall–Kier alpha value is -17.4. The van der Waals surface area contributed by atoms with Gasteiger partial charge in [-0.05, 0) is 174 Å². The van der Waals surface area contributed by atoms with Crippen LogP contribution in [0.15, 0.2) is 461 Å². The molecule has 0 radical (unpaired) electrons. The van der Waals surface area contributed by atoms with E-state index in [9.17, 15) is 10.5 Å². The molecule has 0 fully saturated rings. The lowest BCUT2D eigenvalue weighted by Gasteiger charge is -2.28. The van der Waals surface area contributed by atoms with E-state index in [4.69, 9.17) is 0 Å². The number of aromatic nitrogens is 4. The van der Waals surface area contributed by atoms with Crippen LogP contribution < -0.4 is 0 Å². The molecule has 594 valence electrons. The highest BCUT2D eigenvalue weighted by molar-refractivity contribution is 6.20. The second kappa shape index (κ2) is 30.9. The number of nitriles is 2. The van der Waals surface area contributed by atoms with Crippen LogP contribution in [0, 0.1) is 22.7 Å². The maximum Gasteiger partial charge on any atom is 0.101 e. The normalized spacial score (nSPS) is 11.6. The van der Waals surface area contributed by atoms with Crippen molar-refractivity contribution in [1.29, 1.82) is 10.5 Å². The number of hydrogen-bond donors (Lipinski definition) is 0. The number of para-hydroxylation sites is 3. The Morgan fingerprint density at radius 3 is 0.547 bits per heavy atom. The Kier molecular flexibility index (Phi) is 17.9. The van der Waals surface area contributed by atoms with Crippen LogP contribution in [0.2, 0.25) is 0 Å². The Morgan fingerprint density at radius 2 is 0.305 bits per heavy atom. The van der Waals surface area contributed by atoms with E-state index in [0.29, 0.717) is 11.1 Å². The molecule has 0 spiro atoms. The monoisotopic (exact) mass is 1620 g/mol. The minimum absolute atomic E-state index is 0.556. The topological polar surface area (TPSA) is 67.3 Å². The van der Waals surface area contributed by atoms with Gasteiger partial charge in [-0.3, -0.25) is 0 Å². The van der Waals surface area contributed by atoms with Gasteiger partial charge in [-0.15, -0.1) is 0 Å². The van der Waals surface area contributed by atoms with Gasteiger partial charge in [0.2, 0.25) is 0 Å². The molecule has 4 heterocycles. The summed E-state index contributed by atoms with van der Waals surface area (Å²) < 4.78 is 9.84. The molecule has 4 aromatic heterocycles. The average molecular weight is 1630 g/mol. The zero-order valence-corrected chi connectivity index (χ0v) is 69.6. The molecule has 0 amide bonds. The van der Waals surface area contributed by atoms with Crippen LogP contribution in [0.25, 0.3) is 232 Å². The first-order chi connectivity index (χ1) is 63.5. The zero-order valence-electron chi connectivity index (χ0n) is 69.6. The van der Waals surface area contributed by atoms with Crippen molar-refractivity contribution in [1.82, 2.24) is 18.3 Å². The Labute approximate surface area is 740 Å². The van der Waals surface area contributed by atoms with Crippen LogP contribution in [0.3, 0.4) is 0 Å². The number of benzene rings is 20. The quantitative estimate of drug-likeness (QED) is 0.103. The highest BCUT2D eigenvalue weighted by Gasteiger charge is 2.36. The molecule has 0 unspecified atom stereocenters. The van der Waals surface area contributed by atoms with Crippen molar-refractivity contribution in [3.05, 3.63) is 472 Å². The Morgan fingerprint density at radius 1 is 0.133 bits per heavy atom. The van der Waals surface area contributed by atoms with E-state index in [1.807, 2.05) is 0 Å². The molecule has 128 heavy (non-hydrogen) atoms. The maximum atomic E-state index is 12.8. The predicted octanol–water partition coefficient (Wildman–Crippen LogP) is 32.2. The molecule has 24 aromatic rings. The van der Waals surface area contributed by atoms with E-state index in [1.165, 1.54) is 0 Å². The SMILES string of the molecule is N#Cc1c(-c2ccccc2)c(-n2c3ccccc3c3ccccc32)c(-c2ccccc2)c(-n2c3ccccc3c3cc(-c4cccc(-c5ccc6c(c5)c5cc(-c7ccccc7)ccc5n6-c5c(-c6ccccc6)c(C#N)c(-c6ccccc6)c(-n6c7ccc(-c8ccccc8)cc7c7cc(-c8ccccc8)ccc76)c5-c5ccccc5)c4)ccc32)c1-c1ccccc1. The summed E-state index contributed by atoms with van der Waals surface area (Å²) in [4.78, 5) is 0. The lowest BCUT2D eigenvalue weighted by Crippen LogP contribution is -2.10. The molecular weight excluding hydrogens is 1550 g/mol. The predicted molar refractivity (Wildman–Crippen MR) is 533 cm³/mol. The Balaban J connectivity index is 0.748. The fourth-order valence-electron chi connectivity index (χ4n) is 20.4. The van der Waals surface area contributed by atoms with E-state index >= 15 is 0 Å². The van der Waals surface area contributed by atoms with E-state index in [1.54, 1.807) is 0 Å². The first kappa shape index (κ1) is 74.4. The highest BCUT2D eigenvalue weighted by atomic mass is 15.0. The number of hydrogen-bond acceptors (Lipinski definition) is 2. The average Bonchev–Trinajstić information content (AvgIpc) is 1.47. The van der Waals surface area contributed by atoms with Gasteiger partial charge in [0.1, 0.15) is 12.1 Å². The van der Waals surface area contributed by atoms with Gasteiger partial charge in [-0.25, -0.2) is 0 Å². The largest absolute Gasteiger partial charge is 0.308 e. The van der Waals surface area contributed by atoms with Gasteiger partial charge in [0, 0.05) is 76.5 Å². The third-order valence-corrected chi connectivity index (χ3v) is 26.0. The van der Waals surface area contributed by atoms with Crippen molar-refractivity contribution in [3.63, 3.8) is 0 Å². The van der Waals surface area contributed by atoms with Crippen LogP contribution in [0.1, 0.15) is 11.1 Å². The summed E-state index contributed by atoms with van der Waals surface area (Å²) in [5.74, 6) is 0. The van der Waals surface area contributed by atoms with E-state index < -0.39 is 0 Å². The first-order valence-electron chi connectivity index (χ1n) is 43.6. The number of rotatable bonds is 15. The number of fused-ring (bicyclic) bond motifs is 12. The van der Waals surface area contributed by atoms with Crippen molar-refractivity contribution in [2.45, 2.75) is 0 Å². The summed E-state index contributed by atoms with van der Waals surface area (Å²) in [7, 11) is 0. The van der Waals surface area contributed by atoms with Crippen LogP contribution in [-0.4, -0.2) is 18.3 Å². The maximum absolute atomic E-state index is 12.8. The molecule has 0 saturated heterocycles. The smallest absolute Gasteiger partial charge is 0.101 e. The molecule has 24 rings (SSSR count). The summed E-state index contributed by atoms with van der Waals surface area (Å²) in [6.45, 7) is 0. The van der Waals surface area contributed by atoms with E-state index in [0.717, 1.165) is 232 Å². The third-order valence-electron chi connectivity index (χ3n) is 26.0. The number of nitrogens with zero attached hydrogens (tertiary/aromatic N) is 6. The molecule has 0 aliphatic carbocycles. The van der Waals surface area contributed by atoms with Crippen molar-refractivity contribution in [3.8, 4) is 157 Å². The fraction of sp³-hybridized carbons (Fsp3) is 0. The van der Waals surface area contributed by atoms with Crippen LogP contribution in [-0.2, 0) is 0 Å². The zero-order chi connectivity index (χ0) is 84.9. The molecule has 0 aliphatic heterocycles. The van der Waals surface area contributed by atoms with Gasteiger partial charge >= 0.3 is 0 Å². The minimum atomic E-state index is 0.556. The van der Waals surface area contributed by atoms with Gasteiger partial charge in [0.25, 0.3) is 0 Å². The second-order valence-electron chi connectivity index (χ2n) is 33.0. The summed E-state index contributed by atoms with van der Waals surface area (Å²) in [6, 6.07) is 172. The van der Waals surface area contributed by atoms with Gasteiger partial charge < -0.3 is 18.3 Å². The van der Waals surface area contributed by atoms with Crippen LogP contribution >= 0.6 is 0 Å². The molecule has 0 bridgehead atoms. The Bertz CT molecular complexity index is 8480. The molecule has 0 atom stereocenters. The minimum Gasteiger partial charge on any atom is -0.308 e. The van der Waals surface area contributed by atoms with Crippen molar-refractivity contribution in [2.75, 3.05) is 0 Å². The third kappa shape index (κ3) is 12.1. The lowest BCUT2D eigenvalue weighted by molar-refractivity contribution is 1.14. The van der Waals surface area contributed by atoms with Gasteiger partial charge in [-0.2, -0.15) is 10.5 Å². The second-order valence-corrected chi connectivity index (χ2v) is 33.0. The van der Waals surface area contributed by atoms with Crippen LogP contribution in [0.5, 0.6) is 0 Å². The van der Waals surface area contributed by atoms with Crippen LogP contribution in [0.4, 0.5) is 0 Å². The molecule has 0 saturated carbocycles. The van der Waals surface area contributed by atoms with Crippen molar-refractivity contribution in [2.24, 2.45) is 0 Å². The van der Waals surface area contributed by atoms with Crippen molar-refractivity contribution < 1.29 is 0 Å². The van der Waals surface area contributed by atoms with Crippen molar-refractivity contribution >= 4 is 87.2 Å². The standard InChI is InChI=1S/C122H76N6/c123-77-103-113(82-41-16-4-17-42-82)119(125-105-58-31-28-55-95(105)96-56-29-32-59-106(96)125)117(86-49-24-8-25-50-86)120(114(103)83-43-18-5-19-44-83)126-107-60-33-30-57-97(107)98-75-93(64-69-108(98)126)88-53-34-54-89(71-88)94-65-70-112-102(76-94)101-74-92(81-39-14-3-15-40-81)63-68-111(101)128(112)122-116(85-47-22-7-23-48-85)104(78-124)115(84-45-20-6-21-46-84)121(118(122)87-51-26-9-27-52-87)127-109-66-61-90(79-35-10-1-11-36-79)72-99(109)100-73-91(62-67-110(100)127)80-37-12-2-13-38-80/h1-76H. The molecule has 0 aliphatic rings. The summed E-state index contributed by atoms with van der Waals surface area (Å²) in [5, 5.41) is 33.9. The molecule has 20 aromatic carbocycles. The highest BCUT2D eigenvalue weighted by Crippen LogP contribution is 2.56. The molecule has 6 nitrogen and oxygen atoms in total. The first-order valence-corrected chi connectivity index (χ1v) is 43.6. The van der Waals surface area contributed by atoms with Gasteiger partial charge in [-0.1, -0.05) is 376 Å². The van der Waals surface area contributed by atoms with E-state index in [-0.39, 0.29) is 0 Å². The summed E-state index contributed by atoms with van der Waals surface area (Å²) >= 11 is 0. The van der Waals surface area contributed by atoms with E-state index in [2.05, 4.69) is 491 Å². The molecule has 0 N–H and O–H groups in total. The summed E-state index contributed by atoms with van der Waals surface area (Å²) in [5.41, 5.74) is 34.7. The fourth-order valence-corrected chi connectivity index (χ4v) is 20.4. The lowest BCUT2D eigenvalue weighted by atomic mass is 9.83. The molecular formula is C122H76N6. The van der Waals surface area contributed by atoms with Gasteiger partial charge in [0.05, 0.1) is 78.0 Å². The summed E-state index contributed by atoms with van der Waals surface area (Å²) in [6.07, 6.45) is 0. The molecule has 6 heteroatoms.